The van der Waals surface area contributed by atoms with Gasteiger partial charge >= 0.3 is 0 Å². The molecule has 0 aliphatic heterocycles. The Bertz CT molecular complexity index is 370. The van der Waals surface area contributed by atoms with E-state index in [9.17, 15) is 0 Å². The van der Waals surface area contributed by atoms with E-state index < -0.39 is 0 Å². The molecule has 0 aromatic carbocycles. The van der Waals surface area contributed by atoms with Crippen molar-refractivity contribution in [2.75, 3.05) is 28.7 Å². The van der Waals surface area contributed by atoms with Gasteiger partial charge in [-0.1, -0.05) is 20.8 Å². The summed E-state index contributed by atoms with van der Waals surface area (Å²) in [6, 6.07) is 0.421. The van der Waals surface area contributed by atoms with Crippen molar-refractivity contribution in [3.05, 3.63) is 11.9 Å². The third kappa shape index (κ3) is 5.27. The van der Waals surface area contributed by atoms with Crippen LogP contribution >= 0.6 is 11.8 Å². The van der Waals surface area contributed by atoms with Crippen molar-refractivity contribution in [1.82, 2.24) is 9.97 Å². The number of hydrogen-bond acceptors (Lipinski definition) is 5. The highest BCUT2D eigenvalue weighted by molar-refractivity contribution is 7.99. The molecule has 108 valence electrons. The van der Waals surface area contributed by atoms with Gasteiger partial charge in [0.1, 0.15) is 18.0 Å². The smallest absolute Gasteiger partial charge is 0.134 e. The van der Waals surface area contributed by atoms with Crippen LogP contribution in [0.2, 0.25) is 0 Å². The molecular formula is C14H26N4S. The van der Waals surface area contributed by atoms with Crippen LogP contribution in [0.5, 0.6) is 0 Å². The fraction of sp³-hybridized carbons (Fsp3) is 0.714. The molecule has 0 radical (unpaired) electrons. The molecular weight excluding hydrogens is 256 g/mol. The topological polar surface area (TPSA) is 49.8 Å². The maximum Gasteiger partial charge on any atom is 0.134 e. The third-order valence-electron chi connectivity index (χ3n) is 2.80. The van der Waals surface area contributed by atoms with Gasteiger partial charge in [-0.25, -0.2) is 9.97 Å². The van der Waals surface area contributed by atoms with E-state index >= 15 is 0 Å². The Hall–Kier alpha value is -0.970. The summed E-state index contributed by atoms with van der Waals surface area (Å²) in [5.41, 5.74) is 1.18. The van der Waals surface area contributed by atoms with Crippen LogP contribution in [0.4, 0.5) is 11.6 Å². The Morgan fingerprint density at radius 1 is 1.21 bits per heavy atom. The molecule has 1 unspecified atom stereocenters. The highest BCUT2D eigenvalue weighted by Crippen LogP contribution is 2.21. The van der Waals surface area contributed by atoms with Gasteiger partial charge in [0.25, 0.3) is 0 Å². The quantitative estimate of drug-likeness (QED) is 0.727. The lowest BCUT2D eigenvalue weighted by molar-refractivity contribution is 0.883. The number of thioether (sulfide) groups is 1. The van der Waals surface area contributed by atoms with Crippen molar-refractivity contribution in [2.45, 2.75) is 46.6 Å². The zero-order valence-corrected chi connectivity index (χ0v) is 13.3. The summed E-state index contributed by atoms with van der Waals surface area (Å²) >= 11 is 1.95. The summed E-state index contributed by atoms with van der Waals surface area (Å²) in [7, 11) is 0. The number of aromatic nitrogens is 2. The van der Waals surface area contributed by atoms with Crippen molar-refractivity contribution >= 4 is 23.4 Å². The molecule has 1 aromatic rings. The van der Waals surface area contributed by atoms with Gasteiger partial charge in [0, 0.05) is 23.9 Å². The van der Waals surface area contributed by atoms with Gasteiger partial charge in [-0.15, -0.1) is 0 Å². The standard InChI is InChI=1S/C14H26N4S/c1-5-8-15-13-12(6-2)14(17-10-16-13)18-11(4)9-19-7-3/h10-11H,5-9H2,1-4H3,(H2,15,16,17,18). The summed E-state index contributed by atoms with van der Waals surface area (Å²) < 4.78 is 0. The van der Waals surface area contributed by atoms with Gasteiger partial charge in [-0.05, 0) is 25.5 Å². The molecule has 1 aromatic heterocycles. The fourth-order valence-corrected chi connectivity index (χ4v) is 2.51. The van der Waals surface area contributed by atoms with E-state index in [1.54, 1.807) is 6.33 Å². The van der Waals surface area contributed by atoms with Crippen LogP contribution in [0.15, 0.2) is 6.33 Å². The predicted octanol–water partition coefficient (Wildman–Crippen LogP) is 3.41. The average molecular weight is 282 g/mol. The summed E-state index contributed by atoms with van der Waals surface area (Å²) in [5, 5.41) is 6.88. The van der Waals surface area contributed by atoms with Gasteiger partial charge in [-0.2, -0.15) is 11.8 Å². The van der Waals surface area contributed by atoms with Crippen LogP contribution < -0.4 is 10.6 Å². The second kappa shape index (κ2) is 9.02. The molecule has 0 amide bonds. The monoisotopic (exact) mass is 282 g/mol. The Morgan fingerprint density at radius 2 is 1.95 bits per heavy atom. The van der Waals surface area contributed by atoms with E-state index in [2.05, 4.69) is 48.3 Å². The van der Waals surface area contributed by atoms with Crippen molar-refractivity contribution in [3.8, 4) is 0 Å². The van der Waals surface area contributed by atoms with Gasteiger partial charge in [0.15, 0.2) is 0 Å². The normalized spacial score (nSPS) is 12.2. The number of nitrogens with zero attached hydrogens (tertiary/aromatic N) is 2. The van der Waals surface area contributed by atoms with E-state index in [4.69, 9.17) is 0 Å². The maximum atomic E-state index is 4.39. The first-order chi connectivity index (χ1) is 9.22. The van der Waals surface area contributed by atoms with Gasteiger partial charge < -0.3 is 10.6 Å². The highest BCUT2D eigenvalue weighted by atomic mass is 32.2. The summed E-state index contributed by atoms with van der Waals surface area (Å²) in [5.74, 6) is 4.19. The van der Waals surface area contributed by atoms with E-state index in [0.717, 1.165) is 42.5 Å². The largest absolute Gasteiger partial charge is 0.370 e. The molecule has 4 nitrogen and oxygen atoms in total. The van der Waals surface area contributed by atoms with Crippen LogP contribution in [-0.4, -0.2) is 34.1 Å². The first-order valence-electron chi connectivity index (χ1n) is 7.14. The lowest BCUT2D eigenvalue weighted by atomic mass is 10.2. The molecule has 0 bridgehead atoms. The molecule has 0 aliphatic carbocycles. The molecule has 0 saturated heterocycles. The second-order valence-corrected chi connectivity index (χ2v) is 5.85. The van der Waals surface area contributed by atoms with Crippen LogP contribution in [0.3, 0.4) is 0 Å². The molecule has 0 saturated carbocycles. The van der Waals surface area contributed by atoms with Crippen molar-refractivity contribution in [2.24, 2.45) is 0 Å². The maximum absolute atomic E-state index is 4.39. The first kappa shape index (κ1) is 16.1. The van der Waals surface area contributed by atoms with Crippen LogP contribution in [-0.2, 0) is 6.42 Å². The predicted molar refractivity (Wildman–Crippen MR) is 86.3 cm³/mol. The van der Waals surface area contributed by atoms with Crippen molar-refractivity contribution in [1.29, 1.82) is 0 Å². The summed E-state index contributed by atoms with van der Waals surface area (Å²) in [6.07, 6.45) is 3.67. The van der Waals surface area contributed by atoms with Gasteiger partial charge in [0.2, 0.25) is 0 Å². The summed E-state index contributed by atoms with van der Waals surface area (Å²) in [6.45, 7) is 9.63. The Labute approximate surface area is 121 Å². The minimum absolute atomic E-state index is 0.421. The molecule has 0 spiro atoms. The molecule has 5 heteroatoms. The van der Waals surface area contributed by atoms with Crippen molar-refractivity contribution in [3.63, 3.8) is 0 Å². The molecule has 1 atom stereocenters. The molecule has 0 aliphatic rings. The van der Waals surface area contributed by atoms with E-state index in [-0.39, 0.29) is 0 Å². The van der Waals surface area contributed by atoms with E-state index in [0.29, 0.717) is 6.04 Å². The van der Waals surface area contributed by atoms with E-state index in [1.165, 1.54) is 5.56 Å². The minimum Gasteiger partial charge on any atom is -0.370 e. The van der Waals surface area contributed by atoms with Crippen LogP contribution in [0.25, 0.3) is 0 Å². The number of rotatable bonds is 9. The fourth-order valence-electron chi connectivity index (χ4n) is 1.84. The number of nitrogens with one attached hydrogen (secondary N) is 2. The molecule has 1 rings (SSSR count). The van der Waals surface area contributed by atoms with E-state index in [1.807, 2.05) is 11.8 Å². The van der Waals surface area contributed by atoms with Crippen LogP contribution in [0.1, 0.15) is 39.7 Å². The summed E-state index contributed by atoms with van der Waals surface area (Å²) in [4.78, 5) is 8.74. The molecule has 19 heavy (non-hydrogen) atoms. The number of anilines is 2. The SMILES string of the molecule is CCCNc1ncnc(NC(C)CSCC)c1CC. The third-order valence-corrected chi connectivity index (χ3v) is 3.94. The average Bonchev–Trinajstić information content (AvgIpc) is 2.43. The zero-order chi connectivity index (χ0) is 14.1. The minimum atomic E-state index is 0.421. The highest BCUT2D eigenvalue weighted by Gasteiger charge is 2.11. The van der Waals surface area contributed by atoms with Gasteiger partial charge in [0.05, 0.1) is 0 Å². The Balaban J connectivity index is 2.76. The molecule has 1 heterocycles. The lowest BCUT2D eigenvalue weighted by Gasteiger charge is -2.18. The van der Waals surface area contributed by atoms with Crippen LogP contribution in [0, 0.1) is 0 Å². The first-order valence-corrected chi connectivity index (χ1v) is 8.30. The lowest BCUT2D eigenvalue weighted by Crippen LogP contribution is -2.21. The number of hydrogen-bond donors (Lipinski definition) is 2. The van der Waals surface area contributed by atoms with Crippen molar-refractivity contribution < 1.29 is 0 Å². The Kier molecular flexibility index (Phi) is 7.63. The Morgan fingerprint density at radius 3 is 2.58 bits per heavy atom. The zero-order valence-electron chi connectivity index (χ0n) is 12.5. The second-order valence-electron chi connectivity index (χ2n) is 4.53. The molecule has 2 N–H and O–H groups in total. The molecule has 0 fully saturated rings. The van der Waals surface area contributed by atoms with Gasteiger partial charge in [-0.3, -0.25) is 0 Å².